The van der Waals surface area contributed by atoms with Gasteiger partial charge in [0.25, 0.3) is 0 Å². The van der Waals surface area contributed by atoms with Gasteiger partial charge in [0.1, 0.15) is 25.0 Å². The van der Waals surface area contributed by atoms with Crippen molar-refractivity contribution in [1.29, 1.82) is 0 Å². The van der Waals surface area contributed by atoms with Gasteiger partial charge in [0, 0.05) is 19.4 Å². The second kappa shape index (κ2) is 16.6. The van der Waals surface area contributed by atoms with Crippen LogP contribution in [0, 0.1) is 0 Å². The van der Waals surface area contributed by atoms with Crippen LogP contribution in [0.15, 0.2) is 65.7 Å². The van der Waals surface area contributed by atoms with E-state index in [9.17, 15) is 24.0 Å². The molecule has 1 fully saturated rings. The number of nitrogens with zero attached hydrogens (tertiary/aromatic N) is 2. The van der Waals surface area contributed by atoms with Gasteiger partial charge in [0.2, 0.25) is 17.7 Å². The number of halogens is 1. The Morgan fingerprint density at radius 1 is 1.02 bits per heavy atom. The summed E-state index contributed by atoms with van der Waals surface area (Å²) < 4.78 is 5.28. The minimum absolute atomic E-state index is 0. The van der Waals surface area contributed by atoms with Crippen LogP contribution in [-0.2, 0) is 36.9 Å². The molecule has 0 aromatic heterocycles. The van der Waals surface area contributed by atoms with Crippen molar-refractivity contribution in [2.45, 2.75) is 56.8 Å². The van der Waals surface area contributed by atoms with E-state index in [1.54, 1.807) is 48.5 Å². The Morgan fingerprint density at radius 2 is 1.66 bits per heavy atom. The lowest BCUT2D eigenvalue weighted by Gasteiger charge is -2.25. The fourth-order valence-electron chi connectivity index (χ4n) is 4.25. The molecule has 13 heteroatoms. The predicted octanol–water partition coefficient (Wildman–Crippen LogP) is 1.20. The van der Waals surface area contributed by atoms with Gasteiger partial charge >= 0.3 is 6.09 Å². The molecule has 0 aliphatic carbocycles. The third kappa shape index (κ3) is 10.2. The largest absolute Gasteiger partial charge is 0.444 e. The number of hydrogen-bond acceptors (Lipinski definition) is 7. The molecule has 220 valence electrons. The first-order valence-electron chi connectivity index (χ1n) is 13.0. The Bertz CT molecular complexity index is 1210. The highest BCUT2D eigenvalue weighted by Gasteiger charge is 2.42. The highest BCUT2D eigenvalue weighted by Crippen LogP contribution is 2.21. The molecular formula is C28H35ClN6O6. The van der Waals surface area contributed by atoms with Crippen LogP contribution < -0.4 is 22.1 Å². The normalized spacial score (nSPS) is 15.6. The maximum Gasteiger partial charge on any atom is 0.417 e. The van der Waals surface area contributed by atoms with Gasteiger partial charge in [-0.3, -0.25) is 19.4 Å². The molecule has 0 unspecified atom stereocenters. The van der Waals surface area contributed by atoms with Crippen LogP contribution in [0.3, 0.4) is 0 Å². The number of ether oxygens (including phenoxy) is 1. The third-order valence-electron chi connectivity index (χ3n) is 6.29. The number of nitrogens with two attached hydrogens (primary N) is 2. The Hall–Kier alpha value is -4.45. The first-order valence-corrected chi connectivity index (χ1v) is 13.0. The topological polar surface area (TPSA) is 186 Å². The zero-order valence-electron chi connectivity index (χ0n) is 22.4. The maximum atomic E-state index is 13.3. The van der Waals surface area contributed by atoms with Gasteiger partial charge in [0.05, 0.1) is 6.04 Å². The molecule has 3 atom stereocenters. The smallest absolute Gasteiger partial charge is 0.417 e. The number of hydrogen-bond donors (Lipinski definition) is 4. The van der Waals surface area contributed by atoms with E-state index < -0.39 is 41.9 Å². The Morgan fingerprint density at radius 3 is 2.27 bits per heavy atom. The van der Waals surface area contributed by atoms with Crippen molar-refractivity contribution >= 4 is 48.5 Å². The number of rotatable bonds is 13. The number of carbonyl (C=O) groups is 5. The monoisotopic (exact) mass is 586 g/mol. The minimum Gasteiger partial charge on any atom is -0.444 e. The molecule has 41 heavy (non-hydrogen) atoms. The molecule has 0 bridgehead atoms. The molecule has 1 saturated heterocycles. The molecule has 0 radical (unpaired) electrons. The minimum atomic E-state index is -1.14. The summed E-state index contributed by atoms with van der Waals surface area (Å²) in [5, 5.41) is 5.32. The summed E-state index contributed by atoms with van der Waals surface area (Å²) >= 11 is 0. The van der Waals surface area contributed by atoms with Crippen LogP contribution in [-0.4, -0.2) is 65.6 Å². The van der Waals surface area contributed by atoms with Crippen molar-refractivity contribution in [2.24, 2.45) is 16.5 Å². The van der Waals surface area contributed by atoms with Crippen molar-refractivity contribution < 1.29 is 28.7 Å². The quantitative estimate of drug-likeness (QED) is 0.117. The molecule has 1 aliphatic rings. The molecule has 12 nitrogen and oxygen atoms in total. The fraction of sp³-hybridized carbons (Fsp3) is 0.357. The number of amides is 4. The van der Waals surface area contributed by atoms with E-state index in [1.807, 2.05) is 12.1 Å². The van der Waals surface area contributed by atoms with Gasteiger partial charge < -0.3 is 31.6 Å². The van der Waals surface area contributed by atoms with Gasteiger partial charge in [-0.25, -0.2) is 9.69 Å². The highest BCUT2D eigenvalue weighted by atomic mass is 35.5. The van der Waals surface area contributed by atoms with E-state index in [4.69, 9.17) is 16.2 Å². The van der Waals surface area contributed by atoms with Crippen LogP contribution in [0.1, 0.15) is 36.8 Å². The molecule has 0 spiro atoms. The molecule has 1 heterocycles. The lowest BCUT2D eigenvalue weighted by Crippen LogP contribution is -2.55. The molecule has 6 N–H and O–H groups in total. The van der Waals surface area contributed by atoms with E-state index in [1.165, 1.54) is 0 Å². The summed E-state index contributed by atoms with van der Waals surface area (Å²) in [6.07, 6.45) is 0.602. The van der Waals surface area contributed by atoms with E-state index >= 15 is 0 Å². The molecule has 0 saturated carbocycles. The number of aldehydes is 1. The van der Waals surface area contributed by atoms with E-state index in [-0.39, 0.29) is 50.7 Å². The van der Waals surface area contributed by atoms with E-state index in [2.05, 4.69) is 15.6 Å². The second-order valence-corrected chi connectivity index (χ2v) is 9.31. The number of likely N-dealkylation sites (tertiary alicyclic amines) is 1. The highest BCUT2D eigenvalue weighted by molar-refractivity contribution is 6.01. The van der Waals surface area contributed by atoms with Crippen molar-refractivity contribution in [3.63, 3.8) is 0 Å². The first kappa shape index (κ1) is 32.8. The first-order chi connectivity index (χ1) is 19.3. The number of nitrogens with one attached hydrogen (secondary N) is 2. The van der Waals surface area contributed by atoms with Crippen LogP contribution in [0.4, 0.5) is 4.79 Å². The SMILES string of the molecule is Cl.NC(N)=NCCC[C@@H](C=O)NC(=O)[C@H](Cc1ccccc1)NC(=O)[C@H]1CCC(=O)N1C(=O)OCc1ccccc1. The molecular weight excluding hydrogens is 552 g/mol. The maximum absolute atomic E-state index is 13.3. The Balaban J connectivity index is 0.00000588. The molecule has 3 rings (SSSR count). The standard InChI is InChI=1S/C28H34N6O6.ClH/c29-27(30)31-15-7-12-21(17-35)32-25(37)22(16-19-8-3-1-4-9-19)33-26(38)23-13-14-24(36)34(23)28(39)40-18-20-10-5-2-6-11-20;/h1-6,8-11,17,21-23H,7,12-16,18H2,(H,32,37)(H,33,38)(H4,29,30,31);1H/t21-,22-,23+;/m0./s1. The second-order valence-electron chi connectivity index (χ2n) is 9.31. The van der Waals surface area contributed by atoms with Crippen LogP contribution in [0.2, 0.25) is 0 Å². The average Bonchev–Trinajstić information content (AvgIpc) is 3.35. The summed E-state index contributed by atoms with van der Waals surface area (Å²) in [7, 11) is 0. The van der Waals surface area contributed by atoms with Gasteiger partial charge in [0.15, 0.2) is 5.96 Å². The van der Waals surface area contributed by atoms with Gasteiger partial charge in [-0.2, -0.15) is 0 Å². The predicted molar refractivity (Wildman–Crippen MR) is 154 cm³/mol. The van der Waals surface area contributed by atoms with Crippen molar-refractivity contribution in [1.82, 2.24) is 15.5 Å². The third-order valence-corrected chi connectivity index (χ3v) is 6.29. The molecule has 2 aromatic rings. The van der Waals surface area contributed by atoms with Gasteiger partial charge in [-0.15, -0.1) is 12.4 Å². The number of imide groups is 1. The van der Waals surface area contributed by atoms with Crippen LogP contribution in [0.25, 0.3) is 0 Å². The lowest BCUT2D eigenvalue weighted by atomic mass is 10.0. The summed E-state index contributed by atoms with van der Waals surface area (Å²) in [6, 6.07) is 14.9. The average molecular weight is 587 g/mol. The lowest BCUT2D eigenvalue weighted by molar-refractivity contribution is -0.135. The van der Waals surface area contributed by atoms with Crippen LogP contribution >= 0.6 is 12.4 Å². The summed E-state index contributed by atoms with van der Waals surface area (Å²) in [6.45, 7) is 0.228. The Kier molecular flexibility index (Phi) is 13.3. The van der Waals surface area contributed by atoms with Crippen molar-refractivity contribution in [2.75, 3.05) is 6.54 Å². The van der Waals surface area contributed by atoms with Gasteiger partial charge in [-0.05, 0) is 30.4 Å². The summed E-state index contributed by atoms with van der Waals surface area (Å²) in [5.74, 6) is -1.86. The van der Waals surface area contributed by atoms with E-state index in [0.29, 0.717) is 19.3 Å². The number of guanidine groups is 1. The fourth-order valence-corrected chi connectivity index (χ4v) is 4.25. The van der Waals surface area contributed by atoms with Crippen molar-refractivity contribution in [3.05, 3.63) is 71.8 Å². The summed E-state index contributed by atoms with van der Waals surface area (Å²) in [4.78, 5) is 68.1. The van der Waals surface area contributed by atoms with Crippen LogP contribution in [0.5, 0.6) is 0 Å². The number of carbonyl (C=O) groups excluding carboxylic acids is 5. The summed E-state index contributed by atoms with van der Waals surface area (Å²) in [5.41, 5.74) is 12.1. The number of aliphatic imine (C=N–C) groups is 1. The van der Waals surface area contributed by atoms with Crippen molar-refractivity contribution in [3.8, 4) is 0 Å². The Labute approximate surface area is 244 Å². The molecule has 1 aliphatic heterocycles. The van der Waals surface area contributed by atoms with E-state index in [0.717, 1.165) is 16.0 Å². The molecule has 4 amide bonds. The zero-order chi connectivity index (χ0) is 28.9. The zero-order valence-corrected chi connectivity index (χ0v) is 23.3. The molecule has 2 aromatic carbocycles. The number of benzene rings is 2. The van der Waals surface area contributed by atoms with Gasteiger partial charge in [-0.1, -0.05) is 60.7 Å².